The third-order valence-corrected chi connectivity index (χ3v) is 3.86. The third kappa shape index (κ3) is 1.26. The molecule has 1 aliphatic carbocycles. The average molecular weight is 279 g/mol. The molecule has 1 aliphatic heterocycles. The summed E-state index contributed by atoms with van der Waals surface area (Å²) in [5.41, 5.74) is 0. The molecule has 3 unspecified atom stereocenters. The fraction of sp³-hybridized carbons (Fsp3) is 0.889. The first-order valence-corrected chi connectivity index (χ1v) is 5.76. The van der Waals surface area contributed by atoms with Crippen LogP contribution in [0.2, 0.25) is 0 Å². The van der Waals surface area contributed by atoms with Crippen LogP contribution >= 0.6 is 22.6 Å². The molecule has 1 heterocycles. The van der Waals surface area contributed by atoms with Gasteiger partial charge in [0, 0.05) is 34.7 Å². The topological polar surface area (TPSA) is 20.3 Å². The molecule has 0 aromatic rings. The van der Waals surface area contributed by atoms with Gasteiger partial charge in [-0.2, -0.15) is 0 Å². The number of hydrogen-bond acceptors (Lipinski definition) is 1. The molecule has 0 N–H and O–H groups in total. The first-order valence-electron chi connectivity index (χ1n) is 4.68. The number of carbonyl (C=O) groups is 1. The number of hydrogen-bond donors (Lipinski definition) is 0. The van der Waals surface area contributed by atoms with Crippen LogP contribution in [0, 0.1) is 5.92 Å². The lowest BCUT2D eigenvalue weighted by molar-refractivity contribution is 0.202. The number of halogens is 1. The molecule has 2 rings (SSSR count). The highest BCUT2D eigenvalue weighted by Crippen LogP contribution is 2.41. The lowest BCUT2D eigenvalue weighted by Crippen LogP contribution is -2.36. The summed E-state index contributed by atoms with van der Waals surface area (Å²) in [5, 5.41) is 0. The first kappa shape index (κ1) is 8.78. The van der Waals surface area contributed by atoms with E-state index in [-0.39, 0.29) is 3.91 Å². The molecular weight excluding hydrogens is 265 g/mol. The minimum atomic E-state index is 0.245. The van der Waals surface area contributed by atoms with Crippen LogP contribution in [-0.4, -0.2) is 20.9 Å². The lowest BCUT2D eigenvalue weighted by Gasteiger charge is -2.25. The maximum absolute atomic E-state index is 11.3. The molecule has 1 saturated heterocycles. The van der Waals surface area contributed by atoms with Crippen molar-refractivity contribution in [2.75, 3.05) is 0 Å². The molecule has 0 radical (unpaired) electrons. The van der Waals surface area contributed by atoms with Crippen molar-refractivity contribution in [2.24, 2.45) is 5.92 Å². The molecule has 68 valence electrons. The van der Waals surface area contributed by atoms with Crippen molar-refractivity contribution < 1.29 is 4.79 Å². The second-order valence-corrected chi connectivity index (χ2v) is 4.93. The molecule has 3 atom stereocenters. The van der Waals surface area contributed by atoms with E-state index in [1.807, 2.05) is 22.6 Å². The summed E-state index contributed by atoms with van der Waals surface area (Å²) in [5.74, 6) is 0.818. The predicted octanol–water partition coefficient (Wildman–Crippen LogP) is 2.80. The summed E-state index contributed by atoms with van der Waals surface area (Å²) in [4.78, 5) is 13.4. The van der Waals surface area contributed by atoms with Crippen LogP contribution in [0.1, 0.15) is 32.6 Å². The molecule has 0 aromatic carbocycles. The van der Waals surface area contributed by atoms with Gasteiger partial charge in [0.2, 0.25) is 0 Å². The van der Waals surface area contributed by atoms with Gasteiger partial charge >= 0.3 is 0 Å². The van der Waals surface area contributed by atoms with E-state index >= 15 is 0 Å². The molecule has 12 heavy (non-hydrogen) atoms. The van der Waals surface area contributed by atoms with Crippen LogP contribution in [0.5, 0.6) is 0 Å². The molecule has 2 nitrogen and oxygen atoms in total. The Balaban J connectivity index is 2.15. The lowest BCUT2D eigenvalue weighted by atomic mass is 10.0. The van der Waals surface area contributed by atoms with E-state index in [1.54, 1.807) is 0 Å². The first-order chi connectivity index (χ1) is 5.70. The highest BCUT2D eigenvalue weighted by atomic mass is 127. The Morgan fingerprint density at radius 1 is 1.50 bits per heavy atom. The second-order valence-electron chi connectivity index (χ2n) is 4.00. The van der Waals surface area contributed by atoms with Crippen molar-refractivity contribution in [1.29, 1.82) is 0 Å². The van der Waals surface area contributed by atoms with Gasteiger partial charge < -0.3 is 4.90 Å². The Labute approximate surface area is 86.8 Å². The van der Waals surface area contributed by atoms with Gasteiger partial charge in [0.25, 0.3) is 3.91 Å². The number of amides is 1. The highest BCUT2D eigenvalue weighted by molar-refractivity contribution is 14.1. The molecular formula is C9H14INO. The second kappa shape index (κ2) is 3.16. The van der Waals surface area contributed by atoms with Crippen molar-refractivity contribution in [1.82, 2.24) is 4.90 Å². The zero-order valence-electron chi connectivity index (χ0n) is 7.29. The van der Waals surface area contributed by atoms with Gasteiger partial charge in [0.1, 0.15) is 0 Å². The van der Waals surface area contributed by atoms with Crippen LogP contribution < -0.4 is 0 Å². The minimum Gasteiger partial charge on any atom is -0.328 e. The number of rotatable bonds is 0. The van der Waals surface area contributed by atoms with Crippen molar-refractivity contribution in [3.63, 3.8) is 0 Å². The van der Waals surface area contributed by atoms with E-state index in [1.165, 1.54) is 25.7 Å². The van der Waals surface area contributed by atoms with Gasteiger partial charge in [-0.05, 0) is 32.1 Å². The van der Waals surface area contributed by atoms with E-state index < -0.39 is 0 Å². The summed E-state index contributed by atoms with van der Waals surface area (Å²) in [6, 6.07) is 1.08. The summed E-state index contributed by atoms with van der Waals surface area (Å²) >= 11 is 1.92. The zero-order valence-corrected chi connectivity index (χ0v) is 9.45. The van der Waals surface area contributed by atoms with Crippen molar-refractivity contribution in [2.45, 2.75) is 44.7 Å². The maximum Gasteiger partial charge on any atom is 0.283 e. The number of likely N-dealkylation sites (tertiary alicyclic amines) is 1. The molecule has 2 fully saturated rings. The van der Waals surface area contributed by atoms with Gasteiger partial charge in [0.05, 0.1) is 0 Å². The Bertz CT molecular complexity index is 207. The molecule has 0 bridgehead atoms. The number of carbonyl (C=O) groups excluding carboxylic acids is 1. The predicted molar refractivity (Wildman–Crippen MR) is 56.5 cm³/mol. The molecule has 3 heteroatoms. The molecule has 0 spiro atoms. The largest absolute Gasteiger partial charge is 0.328 e. The molecule has 2 aliphatic rings. The van der Waals surface area contributed by atoms with Crippen molar-refractivity contribution in [3.8, 4) is 0 Å². The van der Waals surface area contributed by atoms with Crippen LogP contribution in [0.25, 0.3) is 0 Å². The molecule has 1 saturated carbocycles. The van der Waals surface area contributed by atoms with Gasteiger partial charge in [0.15, 0.2) is 0 Å². The Morgan fingerprint density at radius 3 is 2.92 bits per heavy atom. The van der Waals surface area contributed by atoms with Crippen LogP contribution in [0.3, 0.4) is 0 Å². The summed E-state index contributed by atoms with van der Waals surface area (Å²) < 4.78 is 0.245. The van der Waals surface area contributed by atoms with Crippen molar-refractivity contribution in [3.05, 3.63) is 0 Å². The zero-order chi connectivity index (χ0) is 8.72. The van der Waals surface area contributed by atoms with Crippen molar-refractivity contribution >= 4 is 26.5 Å². The summed E-state index contributed by atoms with van der Waals surface area (Å²) in [7, 11) is 0. The smallest absolute Gasteiger partial charge is 0.283 e. The normalized spacial score (nSPS) is 40.2. The Kier molecular flexibility index (Phi) is 2.31. The minimum absolute atomic E-state index is 0.245. The van der Waals surface area contributed by atoms with E-state index in [9.17, 15) is 4.79 Å². The van der Waals surface area contributed by atoms with Gasteiger partial charge in [-0.15, -0.1) is 0 Å². The van der Waals surface area contributed by atoms with Gasteiger partial charge in [-0.25, -0.2) is 0 Å². The molecule has 0 aromatic heterocycles. The summed E-state index contributed by atoms with van der Waals surface area (Å²) in [6.45, 7) is 2.18. The monoisotopic (exact) mass is 279 g/mol. The van der Waals surface area contributed by atoms with Gasteiger partial charge in [-0.1, -0.05) is 6.42 Å². The number of nitrogens with zero attached hydrogens (tertiary/aromatic N) is 1. The maximum atomic E-state index is 11.3. The SMILES string of the molecule is CC1CC2CCCC2N1C(=O)I. The van der Waals surface area contributed by atoms with Crippen LogP contribution in [0.4, 0.5) is 4.79 Å². The number of fused-ring (bicyclic) bond motifs is 1. The van der Waals surface area contributed by atoms with Gasteiger partial charge in [-0.3, -0.25) is 4.79 Å². The Hall–Kier alpha value is 0.200. The third-order valence-electron chi connectivity index (χ3n) is 3.30. The van der Waals surface area contributed by atoms with E-state index in [0.717, 1.165) is 5.92 Å². The fourth-order valence-electron chi connectivity index (χ4n) is 2.84. The van der Waals surface area contributed by atoms with Crippen LogP contribution in [0.15, 0.2) is 0 Å². The molecule has 1 amide bonds. The van der Waals surface area contributed by atoms with Crippen LogP contribution in [-0.2, 0) is 0 Å². The van der Waals surface area contributed by atoms with E-state index in [4.69, 9.17) is 0 Å². The van der Waals surface area contributed by atoms with E-state index in [0.29, 0.717) is 12.1 Å². The summed E-state index contributed by atoms with van der Waals surface area (Å²) in [6.07, 6.45) is 5.14. The Morgan fingerprint density at radius 2 is 2.25 bits per heavy atom. The van der Waals surface area contributed by atoms with E-state index in [2.05, 4.69) is 11.8 Å². The fourth-order valence-corrected chi connectivity index (χ4v) is 3.67. The quantitative estimate of drug-likeness (QED) is 0.379. The average Bonchev–Trinajstić information content (AvgIpc) is 2.44. The highest BCUT2D eigenvalue weighted by Gasteiger charge is 2.43. The standard InChI is InChI=1S/C9H14INO/c1-6-5-7-3-2-4-8(7)11(6)9(10)12/h6-8H,2-5H2,1H3.